The first kappa shape index (κ1) is 22.5. The number of esters is 1. The van der Waals surface area contributed by atoms with Gasteiger partial charge in [-0.2, -0.15) is 0 Å². The summed E-state index contributed by atoms with van der Waals surface area (Å²) in [5.41, 5.74) is 1.49. The third-order valence-corrected chi connectivity index (χ3v) is 4.12. The fourth-order valence-electron chi connectivity index (χ4n) is 2.59. The Labute approximate surface area is 174 Å². The molecule has 9 nitrogen and oxygen atoms in total. The number of para-hydroxylation sites is 1. The highest BCUT2D eigenvalue weighted by Crippen LogP contribution is 2.21. The van der Waals surface area contributed by atoms with Crippen LogP contribution in [0.1, 0.15) is 35.7 Å². The van der Waals surface area contributed by atoms with E-state index in [0.29, 0.717) is 29.8 Å². The van der Waals surface area contributed by atoms with Gasteiger partial charge in [0.15, 0.2) is 0 Å². The van der Waals surface area contributed by atoms with Gasteiger partial charge in [0.2, 0.25) is 0 Å². The molecule has 0 saturated heterocycles. The van der Waals surface area contributed by atoms with Crippen LogP contribution < -0.4 is 4.90 Å². The number of rotatable bonds is 10. The molecule has 2 aromatic rings. The molecule has 0 aliphatic carbocycles. The van der Waals surface area contributed by atoms with Gasteiger partial charge in [-0.15, -0.1) is 0 Å². The van der Waals surface area contributed by atoms with Gasteiger partial charge in [-0.05, 0) is 31.5 Å². The van der Waals surface area contributed by atoms with Gasteiger partial charge in [0, 0.05) is 36.7 Å². The predicted molar refractivity (Wildman–Crippen MR) is 112 cm³/mol. The van der Waals surface area contributed by atoms with E-state index in [0.717, 1.165) is 0 Å². The average Bonchev–Trinajstić information content (AvgIpc) is 2.75. The highest BCUT2D eigenvalue weighted by Gasteiger charge is 2.17. The van der Waals surface area contributed by atoms with Crippen LogP contribution in [0.4, 0.5) is 11.4 Å². The van der Waals surface area contributed by atoms with Gasteiger partial charge in [-0.1, -0.05) is 23.4 Å². The Balaban J connectivity index is 2.00. The molecule has 0 aliphatic rings. The van der Waals surface area contributed by atoms with Crippen LogP contribution >= 0.6 is 0 Å². The topological polar surface area (TPSA) is 111 Å². The largest absolute Gasteiger partial charge is 0.466 e. The summed E-state index contributed by atoms with van der Waals surface area (Å²) in [5.74, 6) is -0.595. The molecule has 0 spiro atoms. The lowest BCUT2D eigenvalue weighted by Gasteiger charge is -2.19. The number of hydrogen-bond acceptors (Lipinski definition) is 7. The Morgan fingerprint density at radius 1 is 1.17 bits per heavy atom. The normalized spacial score (nSPS) is 10.6. The van der Waals surface area contributed by atoms with Crippen LogP contribution in [-0.2, 0) is 14.4 Å². The van der Waals surface area contributed by atoms with Crippen molar-refractivity contribution in [3.05, 3.63) is 69.8 Å². The van der Waals surface area contributed by atoms with Crippen LogP contribution in [0.15, 0.2) is 53.7 Å². The molecule has 2 rings (SSSR count). The minimum absolute atomic E-state index is 0.0816. The Morgan fingerprint density at radius 2 is 1.87 bits per heavy atom. The molecule has 0 aliphatic heterocycles. The number of nitrogens with zero attached hydrogens (tertiary/aromatic N) is 3. The fourth-order valence-corrected chi connectivity index (χ4v) is 2.59. The van der Waals surface area contributed by atoms with Gasteiger partial charge >= 0.3 is 5.97 Å². The van der Waals surface area contributed by atoms with Gasteiger partial charge in [-0.3, -0.25) is 19.7 Å². The first-order valence-electron chi connectivity index (χ1n) is 9.36. The first-order chi connectivity index (χ1) is 14.4. The van der Waals surface area contributed by atoms with Crippen molar-refractivity contribution in [2.75, 3.05) is 25.2 Å². The van der Waals surface area contributed by atoms with E-state index in [2.05, 4.69) is 5.16 Å². The third-order valence-electron chi connectivity index (χ3n) is 4.12. The van der Waals surface area contributed by atoms with E-state index in [1.54, 1.807) is 38.2 Å². The van der Waals surface area contributed by atoms with E-state index >= 15 is 0 Å². The number of non-ortho nitro benzene ring substituents is 1. The van der Waals surface area contributed by atoms with Crippen molar-refractivity contribution in [1.29, 1.82) is 0 Å². The first-order valence-corrected chi connectivity index (χ1v) is 9.36. The number of carbonyl (C=O) groups excluding carboxylic acids is 2. The number of oxime groups is 1. The molecule has 0 heterocycles. The molecule has 0 saturated carbocycles. The predicted octanol–water partition coefficient (Wildman–Crippen LogP) is 3.57. The summed E-state index contributed by atoms with van der Waals surface area (Å²) >= 11 is 0. The van der Waals surface area contributed by atoms with Crippen LogP contribution in [0.5, 0.6) is 0 Å². The summed E-state index contributed by atoms with van der Waals surface area (Å²) in [7, 11) is 1.61. The number of nitro groups is 1. The van der Waals surface area contributed by atoms with Gasteiger partial charge in [-0.25, -0.2) is 0 Å². The van der Waals surface area contributed by atoms with Crippen LogP contribution in [0.3, 0.4) is 0 Å². The third kappa shape index (κ3) is 6.40. The lowest BCUT2D eigenvalue weighted by atomic mass is 10.1. The number of nitro benzene ring substituents is 1. The zero-order valence-corrected chi connectivity index (χ0v) is 16.8. The standard InChI is InChI=1S/C21H23N3O6/c1-3-29-20(25)9-6-14-30-22-15-17-7-4-5-8-19(17)23(2)21(26)16-10-12-18(13-11-16)24(27)28/h4-5,7-8,10-13,15H,3,6,9,14H2,1-2H3/b22-15+. The number of benzene rings is 2. The molecular weight excluding hydrogens is 390 g/mol. The molecule has 0 bridgehead atoms. The zero-order valence-electron chi connectivity index (χ0n) is 16.8. The Hall–Kier alpha value is -3.75. The Kier molecular flexibility index (Phi) is 8.49. The lowest BCUT2D eigenvalue weighted by molar-refractivity contribution is -0.384. The summed E-state index contributed by atoms with van der Waals surface area (Å²) in [4.78, 5) is 40.9. The second kappa shape index (κ2) is 11.3. The minimum atomic E-state index is -0.517. The van der Waals surface area contributed by atoms with E-state index in [4.69, 9.17) is 9.57 Å². The molecule has 0 radical (unpaired) electrons. The minimum Gasteiger partial charge on any atom is -0.466 e. The molecule has 1 amide bonds. The average molecular weight is 413 g/mol. The van der Waals surface area contributed by atoms with Crippen LogP contribution in [-0.4, -0.2) is 43.3 Å². The molecular formula is C21H23N3O6. The van der Waals surface area contributed by atoms with E-state index in [1.807, 2.05) is 0 Å². The van der Waals surface area contributed by atoms with Gasteiger partial charge in [0.25, 0.3) is 11.6 Å². The summed E-state index contributed by atoms with van der Waals surface area (Å²) in [5, 5.41) is 14.7. The van der Waals surface area contributed by atoms with Crippen molar-refractivity contribution in [3.63, 3.8) is 0 Å². The van der Waals surface area contributed by atoms with Crippen molar-refractivity contribution < 1.29 is 24.1 Å². The molecule has 9 heteroatoms. The van der Waals surface area contributed by atoms with Gasteiger partial charge in [0.1, 0.15) is 6.61 Å². The molecule has 0 N–H and O–H groups in total. The molecule has 0 fully saturated rings. The lowest BCUT2D eigenvalue weighted by Crippen LogP contribution is -2.27. The fraction of sp³-hybridized carbons (Fsp3) is 0.286. The maximum atomic E-state index is 12.7. The van der Waals surface area contributed by atoms with Crippen LogP contribution in [0.2, 0.25) is 0 Å². The molecule has 0 unspecified atom stereocenters. The monoisotopic (exact) mass is 413 g/mol. The van der Waals surface area contributed by atoms with Crippen molar-refractivity contribution in [2.24, 2.45) is 5.16 Å². The number of amides is 1. The molecule has 0 aromatic heterocycles. The molecule has 0 atom stereocenters. The summed E-state index contributed by atoms with van der Waals surface area (Å²) in [6, 6.07) is 12.5. The van der Waals surface area contributed by atoms with E-state index in [9.17, 15) is 19.7 Å². The van der Waals surface area contributed by atoms with E-state index < -0.39 is 4.92 Å². The van der Waals surface area contributed by atoms with E-state index in [1.165, 1.54) is 35.4 Å². The SMILES string of the molecule is CCOC(=O)CCCO/N=C/c1ccccc1N(C)C(=O)c1ccc([N+](=O)[O-])cc1. The number of hydrogen-bond donors (Lipinski definition) is 0. The van der Waals surface area contributed by atoms with Gasteiger partial charge in [0.05, 0.1) is 23.4 Å². The van der Waals surface area contributed by atoms with Gasteiger partial charge < -0.3 is 14.5 Å². The zero-order chi connectivity index (χ0) is 21.9. The van der Waals surface area contributed by atoms with Crippen LogP contribution in [0.25, 0.3) is 0 Å². The Bertz CT molecular complexity index is 911. The number of carbonyl (C=O) groups is 2. The van der Waals surface area contributed by atoms with Crippen LogP contribution in [0, 0.1) is 10.1 Å². The van der Waals surface area contributed by atoms with Crippen molar-refractivity contribution in [3.8, 4) is 0 Å². The molecule has 30 heavy (non-hydrogen) atoms. The maximum Gasteiger partial charge on any atom is 0.305 e. The van der Waals surface area contributed by atoms with Crippen molar-refractivity contribution in [2.45, 2.75) is 19.8 Å². The maximum absolute atomic E-state index is 12.7. The summed E-state index contributed by atoms with van der Waals surface area (Å²) in [6.07, 6.45) is 2.22. The van der Waals surface area contributed by atoms with Crippen molar-refractivity contribution >= 4 is 29.5 Å². The van der Waals surface area contributed by atoms with E-state index in [-0.39, 0.29) is 30.6 Å². The second-order valence-corrected chi connectivity index (χ2v) is 6.20. The Morgan fingerprint density at radius 3 is 2.53 bits per heavy atom. The quantitative estimate of drug-likeness (QED) is 0.194. The molecule has 2 aromatic carbocycles. The summed E-state index contributed by atoms with van der Waals surface area (Å²) in [6.45, 7) is 2.36. The molecule has 158 valence electrons. The number of anilines is 1. The second-order valence-electron chi connectivity index (χ2n) is 6.20. The highest BCUT2D eigenvalue weighted by molar-refractivity contribution is 6.08. The van der Waals surface area contributed by atoms with Crippen molar-refractivity contribution in [1.82, 2.24) is 0 Å². The summed E-state index contributed by atoms with van der Waals surface area (Å²) < 4.78 is 4.83. The highest BCUT2D eigenvalue weighted by atomic mass is 16.6. The smallest absolute Gasteiger partial charge is 0.305 e. The number of ether oxygens (including phenoxy) is 1.